The summed E-state index contributed by atoms with van der Waals surface area (Å²) in [5.74, 6) is 16.2. The van der Waals surface area contributed by atoms with E-state index < -0.39 is 0 Å². The van der Waals surface area contributed by atoms with Gasteiger partial charge in [-0.2, -0.15) is 0 Å². The van der Waals surface area contributed by atoms with Gasteiger partial charge in [0.15, 0.2) is 0 Å². The first-order valence-electron chi connectivity index (χ1n) is 30.1. The molecule has 9 heteroatoms. The Morgan fingerprint density at radius 3 is 0.802 bits per heavy atom. The van der Waals surface area contributed by atoms with Crippen molar-refractivity contribution in [2.45, 2.75) is 27.7 Å². The van der Waals surface area contributed by atoms with Crippen LogP contribution in [0.25, 0.3) is 22.3 Å². The van der Waals surface area contributed by atoms with E-state index in [4.69, 9.17) is 38.7 Å². The van der Waals surface area contributed by atoms with Gasteiger partial charge >= 0.3 is 0 Å². The number of hydrogen-bond acceptors (Lipinski definition) is 9. The number of benzene rings is 8. The summed E-state index contributed by atoms with van der Waals surface area (Å²) in [6.07, 6.45) is 21.1. The second-order valence-electron chi connectivity index (χ2n) is 20.0. The molecule has 0 unspecified atom stereocenters. The molecule has 452 valence electrons. The van der Waals surface area contributed by atoms with Gasteiger partial charge in [0, 0.05) is 7.11 Å². The van der Waals surface area contributed by atoms with Crippen LogP contribution in [-0.4, -0.2) is 63.6 Å². The van der Waals surface area contributed by atoms with Crippen molar-refractivity contribution in [2.24, 2.45) is 20.0 Å². The molecular formula is C82H74N4O5. The minimum Gasteiger partial charge on any atom is -0.491 e. The largest absolute Gasteiger partial charge is 0.491 e. The maximum atomic E-state index is 6.19. The van der Waals surface area contributed by atoms with Gasteiger partial charge in [0.25, 0.3) is 0 Å². The normalized spacial score (nSPS) is 11.6. The predicted molar refractivity (Wildman–Crippen MR) is 378 cm³/mol. The molecule has 0 aliphatic rings. The van der Waals surface area contributed by atoms with Crippen LogP contribution in [0.4, 0.5) is 0 Å². The van der Waals surface area contributed by atoms with E-state index in [1.54, 1.807) is 13.2 Å². The molecule has 0 saturated carbocycles. The molecule has 0 fully saturated rings. The molecule has 0 bridgehead atoms. The summed E-state index contributed by atoms with van der Waals surface area (Å²) in [5.41, 5.74) is 14.3. The number of rotatable bonds is 29. The number of hydrogen-bond donors (Lipinski definition) is 0. The summed E-state index contributed by atoms with van der Waals surface area (Å²) >= 11 is 0. The molecule has 91 heavy (non-hydrogen) atoms. The Kier molecular flexibility index (Phi) is 26.5. The van der Waals surface area contributed by atoms with Crippen molar-refractivity contribution in [3.63, 3.8) is 0 Å². The average Bonchev–Trinajstić information content (AvgIpc) is 3.54. The van der Waals surface area contributed by atoms with Crippen molar-refractivity contribution in [3.8, 4) is 23.0 Å². The quantitative estimate of drug-likeness (QED) is 0.0264. The van der Waals surface area contributed by atoms with E-state index in [9.17, 15) is 0 Å². The molecule has 8 aromatic carbocycles. The zero-order chi connectivity index (χ0) is 63.5. The smallest absolute Gasteiger partial charge is 0.119 e. The van der Waals surface area contributed by atoms with E-state index in [0.717, 1.165) is 113 Å². The monoisotopic (exact) mass is 1190 g/mol. The first-order valence-corrected chi connectivity index (χ1v) is 30.1. The summed E-state index contributed by atoms with van der Waals surface area (Å²) in [6.45, 7) is 13.7. The third-order valence-electron chi connectivity index (χ3n) is 13.9. The lowest BCUT2D eigenvalue weighted by molar-refractivity contribution is 0.146. The van der Waals surface area contributed by atoms with Crippen LogP contribution >= 0.6 is 0 Å². The van der Waals surface area contributed by atoms with Gasteiger partial charge in [-0.3, -0.25) is 0 Å². The number of nitrogens with zero attached hydrogens (tertiary/aromatic N) is 4. The predicted octanol–water partition coefficient (Wildman–Crippen LogP) is 18.8. The maximum absolute atomic E-state index is 6.19. The van der Waals surface area contributed by atoms with E-state index in [-0.39, 0.29) is 0 Å². The summed E-state index contributed by atoms with van der Waals surface area (Å²) in [7, 11) is 1.66. The fourth-order valence-electron chi connectivity index (χ4n) is 8.96. The van der Waals surface area contributed by atoms with Crippen molar-refractivity contribution in [3.05, 3.63) is 359 Å². The van der Waals surface area contributed by atoms with Crippen LogP contribution in [0.2, 0.25) is 0 Å². The molecule has 9 nitrogen and oxygen atoms in total. The molecule has 8 rings (SSSR count). The molecule has 0 atom stereocenters. The molecule has 0 spiro atoms. The van der Waals surface area contributed by atoms with E-state index in [1.165, 1.54) is 0 Å². The van der Waals surface area contributed by atoms with Gasteiger partial charge in [-0.1, -0.05) is 152 Å². The molecular weight excluding hydrogens is 1120 g/mol. The van der Waals surface area contributed by atoms with Crippen molar-refractivity contribution in [2.75, 3.05) is 40.1 Å². The topological polar surface area (TPSA) is 95.6 Å². The fraction of sp³-hybridized carbons (Fsp3) is 0.122. The van der Waals surface area contributed by atoms with Gasteiger partial charge in [0.1, 0.15) is 49.4 Å². The zero-order valence-corrected chi connectivity index (χ0v) is 52.2. The highest BCUT2D eigenvalue weighted by atomic mass is 16.5. The Hall–Kier alpha value is -11.4. The average molecular weight is 1200 g/mol. The van der Waals surface area contributed by atoms with Crippen molar-refractivity contribution < 1.29 is 23.7 Å². The van der Waals surface area contributed by atoms with E-state index >= 15 is 0 Å². The molecule has 0 radical (unpaired) electrons. The highest BCUT2D eigenvalue weighted by Crippen LogP contribution is 2.28. The second kappa shape index (κ2) is 36.7. The Labute approximate surface area is 536 Å². The van der Waals surface area contributed by atoms with Gasteiger partial charge in [-0.25, -0.2) is 20.0 Å². The zero-order valence-electron chi connectivity index (χ0n) is 52.2. The number of allylic oxidation sites excluding steroid dienone is 8. The molecule has 8 aromatic rings. The molecule has 0 aliphatic carbocycles. The van der Waals surface area contributed by atoms with Gasteiger partial charge in [-0.15, -0.1) is 0 Å². The van der Waals surface area contributed by atoms with Crippen molar-refractivity contribution in [1.82, 2.24) is 0 Å². The second-order valence-corrected chi connectivity index (χ2v) is 20.0. The summed E-state index contributed by atoms with van der Waals surface area (Å²) in [6, 6.07) is 72.3. The molecule has 0 aromatic heterocycles. The lowest BCUT2D eigenvalue weighted by Gasteiger charge is -2.08. The van der Waals surface area contributed by atoms with Crippen molar-refractivity contribution >= 4 is 45.8 Å². The standard InChI is InChI=1S/C82H74N4O5/c1-7-71(8-2)83-59-79(63-27-16-12-17-28-63)67-38-46-75(47-39-67)88-54-24-35-72(9-3)84-60-80(64-29-18-13-19-30-64)68-40-48-76(49-41-68)89-55-25-36-73(10-4)85-61-81(65-31-20-14-21-32-65)69-42-50-77(51-43-69)90-56-26-37-74(11-5)86-62-82(66-33-22-15-23-34-66)70-44-52-78(53-45-70)91-58-57-87-6/h7-53H,1,54-58H2,2-6H3/b35-24+,36-25+,37-26+,71-8+,72-9+,73-10+,74-11+. The van der Waals surface area contributed by atoms with E-state index in [0.29, 0.717) is 33.0 Å². The van der Waals surface area contributed by atoms with Gasteiger partial charge in [0.05, 0.1) is 51.7 Å². The summed E-state index contributed by atoms with van der Waals surface area (Å²) < 4.78 is 29.3. The molecule has 0 heterocycles. The maximum Gasteiger partial charge on any atom is 0.119 e. The number of ether oxygens (including phenoxy) is 5. The minimum atomic E-state index is 0.334. The summed E-state index contributed by atoms with van der Waals surface area (Å²) in [5, 5.41) is 0. The first kappa shape index (κ1) is 65.6. The highest BCUT2D eigenvalue weighted by Gasteiger charge is 2.10. The number of aliphatic imine (C=N–C) groups is 4. The Bertz CT molecular complexity index is 4150. The first-order chi connectivity index (χ1) is 44.9. The Morgan fingerprint density at radius 2 is 0.560 bits per heavy atom. The van der Waals surface area contributed by atoms with Gasteiger partial charge in [0.2, 0.25) is 0 Å². The molecule has 0 saturated heterocycles. The van der Waals surface area contributed by atoms with Crippen molar-refractivity contribution in [1.29, 1.82) is 0 Å². The van der Waals surface area contributed by atoms with Crippen LogP contribution < -0.4 is 18.9 Å². The van der Waals surface area contributed by atoms with E-state index in [2.05, 4.69) is 71.4 Å². The van der Waals surface area contributed by atoms with Crippen LogP contribution in [0.1, 0.15) is 72.2 Å². The van der Waals surface area contributed by atoms with Gasteiger partial charge in [-0.05, 0) is 235 Å². The minimum absolute atomic E-state index is 0.334. The third-order valence-corrected chi connectivity index (χ3v) is 13.9. The van der Waals surface area contributed by atoms with Crippen LogP contribution in [0.5, 0.6) is 23.0 Å². The van der Waals surface area contributed by atoms with Crippen LogP contribution in [0, 0.1) is 0 Å². The van der Waals surface area contributed by atoms with Crippen LogP contribution in [0.15, 0.2) is 335 Å². The van der Waals surface area contributed by atoms with E-state index in [1.807, 2.05) is 270 Å². The molecule has 0 aliphatic heterocycles. The molecule has 0 N–H and O–H groups in total. The highest BCUT2D eigenvalue weighted by molar-refractivity contribution is 6.01. The fourth-order valence-corrected chi connectivity index (χ4v) is 8.96. The van der Waals surface area contributed by atoms with Gasteiger partial charge < -0.3 is 23.7 Å². The van der Waals surface area contributed by atoms with Crippen LogP contribution in [-0.2, 0) is 4.74 Å². The lowest BCUT2D eigenvalue weighted by Crippen LogP contribution is -2.04. The molecule has 0 amide bonds. The Morgan fingerprint density at radius 1 is 0.319 bits per heavy atom. The lowest BCUT2D eigenvalue weighted by atomic mass is 9.99. The third kappa shape index (κ3) is 20.9. The van der Waals surface area contributed by atoms with Crippen LogP contribution in [0.3, 0.4) is 0 Å². The SMILES string of the molecule is C=C/C(=C\C)N=C=C(c1ccccc1)c1ccc(OC/C=C/C(=C\C)N=C=C(c2ccccc2)c2ccc(OC/C=C/C(=C\C)N=C=C(c3ccccc3)c3ccc(OC/C=C/C(=C\C)N=C=C(c4ccccc4)c4ccc(OCCOC)cc4)cc3)cc2)cc1. The number of methoxy groups -OCH3 is 1. The summed E-state index contributed by atoms with van der Waals surface area (Å²) in [4.78, 5) is 18.8. The Balaban J connectivity index is 0.870.